The molecule has 0 radical (unpaired) electrons. The van der Waals surface area contributed by atoms with E-state index in [1.165, 1.54) is 51.4 Å². The van der Waals surface area contributed by atoms with Gasteiger partial charge in [0.15, 0.2) is 20.0 Å². The van der Waals surface area contributed by atoms with Crippen molar-refractivity contribution in [3.8, 4) is 11.4 Å². The zero-order valence-electron chi connectivity index (χ0n) is 32.0. The first-order valence-electron chi connectivity index (χ1n) is 17.8. The Morgan fingerprint density at radius 1 is 0.688 bits per heavy atom. The number of hydrogen-bond donors (Lipinski definition) is 2. The Balaban J connectivity index is 0.000000250. The highest BCUT2D eigenvalue weighted by Crippen LogP contribution is 2.31. The van der Waals surface area contributed by atoms with Gasteiger partial charge in [-0.05, 0) is 47.9 Å². The summed E-state index contributed by atoms with van der Waals surface area (Å²) >= 11 is 24.9. The number of benzene rings is 3. The minimum Gasteiger partial charge on any atom is -0.382 e. The Morgan fingerprint density at radius 3 is 1.66 bits per heavy atom. The maximum atomic E-state index is 12.5. The molecular weight excluding hydrogens is 997 g/mol. The number of nitrogens with zero attached hydrogens (tertiary/aromatic N) is 7. The van der Waals surface area contributed by atoms with Crippen LogP contribution in [0.15, 0.2) is 108 Å². The fraction of sp³-hybridized carbons (Fsp3) is 0.220. The molecule has 8 rings (SSSR count). The highest BCUT2D eigenvalue weighted by molar-refractivity contribution is 8.01. The number of sulfone groups is 1. The lowest BCUT2D eigenvalue weighted by atomic mass is 10.3. The summed E-state index contributed by atoms with van der Waals surface area (Å²) in [6.07, 6.45) is 2.78. The van der Waals surface area contributed by atoms with E-state index in [1.54, 1.807) is 84.2 Å². The lowest BCUT2D eigenvalue weighted by Gasteiger charge is -2.06. The average molecular weight is 1040 g/mol. The minimum atomic E-state index is -3.47. The zero-order valence-corrected chi connectivity index (χ0v) is 39.2. The molecule has 340 valence electrons. The largest absolute Gasteiger partial charge is 0.382 e. The van der Waals surface area contributed by atoms with E-state index in [1.807, 2.05) is 26.0 Å². The van der Waals surface area contributed by atoms with E-state index in [0.717, 1.165) is 31.5 Å². The van der Waals surface area contributed by atoms with Gasteiger partial charge in [-0.1, -0.05) is 149 Å². The van der Waals surface area contributed by atoms with E-state index < -0.39 is 15.4 Å². The van der Waals surface area contributed by atoms with E-state index >= 15 is 0 Å². The molecule has 0 aliphatic heterocycles. The maximum absolute atomic E-state index is 12.5. The topological polar surface area (TPSA) is 198 Å². The molecule has 64 heavy (non-hydrogen) atoms. The van der Waals surface area contributed by atoms with Crippen molar-refractivity contribution < 1.29 is 13.2 Å². The van der Waals surface area contributed by atoms with Gasteiger partial charge in [-0.25, -0.2) is 33.3 Å². The second-order valence-corrected chi connectivity index (χ2v) is 21.6. The summed E-state index contributed by atoms with van der Waals surface area (Å²) in [4.78, 5) is 58.4. The van der Waals surface area contributed by atoms with Crippen molar-refractivity contribution in [2.24, 2.45) is 0 Å². The predicted molar refractivity (Wildman–Crippen MR) is 273 cm³/mol. The van der Waals surface area contributed by atoms with E-state index in [2.05, 4.69) is 30.2 Å². The van der Waals surface area contributed by atoms with Gasteiger partial charge in [0.1, 0.15) is 32.7 Å². The van der Waals surface area contributed by atoms with Crippen molar-refractivity contribution in [2.45, 2.75) is 56.1 Å². The number of nitrogens with one attached hydrogen (secondary N) is 1. The molecule has 0 saturated carbocycles. The number of anilines is 2. The molecule has 3 aromatic carbocycles. The first-order chi connectivity index (χ1) is 29.3. The molecule has 5 heterocycles. The molecule has 0 bridgehead atoms. The van der Waals surface area contributed by atoms with Crippen LogP contribution in [0.25, 0.3) is 32.1 Å². The molecule has 0 aliphatic rings. The summed E-state index contributed by atoms with van der Waals surface area (Å²) in [5.74, 6) is 1.69. The molecule has 0 aliphatic carbocycles. The third kappa shape index (κ3) is 12.5. The number of carbonyl (C=O) groups is 1. The van der Waals surface area contributed by atoms with E-state index in [-0.39, 0.29) is 60.0 Å². The number of para-hydroxylation sites is 3. The van der Waals surface area contributed by atoms with Crippen LogP contribution in [0.2, 0.25) is 15.1 Å². The van der Waals surface area contributed by atoms with Gasteiger partial charge in [0.25, 0.3) is 17.0 Å². The van der Waals surface area contributed by atoms with Gasteiger partial charge in [0.2, 0.25) is 14.2 Å². The number of nitrogens with two attached hydrogens (primary N) is 1. The van der Waals surface area contributed by atoms with Gasteiger partial charge in [0.05, 0.1) is 37.9 Å². The van der Waals surface area contributed by atoms with Crippen molar-refractivity contribution in [3.05, 3.63) is 126 Å². The monoisotopic (exact) mass is 1040 g/mol. The molecule has 14 nitrogen and oxygen atoms in total. The third-order valence-corrected chi connectivity index (χ3v) is 16.3. The van der Waals surface area contributed by atoms with Crippen LogP contribution in [0.3, 0.4) is 0 Å². The molecular formula is C41H44Cl3N9O5S6. The molecule has 0 spiro atoms. The number of aromatic nitrogens is 7. The van der Waals surface area contributed by atoms with E-state index in [4.69, 9.17) is 40.5 Å². The average Bonchev–Trinajstić information content (AvgIpc) is 3.98. The fourth-order valence-corrected chi connectivity index (χ4v) is 11.8. The quantitative estimate of drug-likeness (QED) is 0.123. The summed E-state index contributed by atoms with van der Waals surface area (Å²) in [5, 5.41) is 4.14. The number of nitrogen functional groups attached to an aromatic ring is 1. The Kier molecular flexibility index (Phi) is 20.4. The summed E-state index contributed by atoms with van der Waals surface area (Å²) in [6.45, 7) is 5.59. The van der Waals surface area contributed by atoms with Crippen molar-refractivity contribution in [3.63, 3.8) is 0 Å². The summed E-state index contributed by atoms with van der Waals surface area (Å²) in [6, 6.07) is 21.1. The SMILES string of the molecule is C.C.C.CCS(=O)(=O)c1nc2ncn(-c3ccccc3Cl)c(=O)c2s1.CCSc1nc(N)c(C(=O)Nc2ccccc2Cl)s1.CCSc1nc2ncn(-c3ccccc3Cl)c(=O)c2s1. The molecule has 0 atom stereocenters. The van der Waals surface area contributed by atoms with Crippen LogP contribution in [0.1, 0.15) is 52.7 Å². The van der Waals surface area contributed by atoms with E-state index in [0.29, 0.717) is 47.4 Å². The zero-order chi connectivity index (χ0) is 43.8. The molecule has 23 heteroatoms. The molecule has 1 amide bonds. The number of thioether (sulfide) groups is 2. The predicted octanol–water partition coefficient (Wildman–Crippen LogP) is 11.5. The Morgan fingerprint density at radius 2 is 1.16 bits per heavy atom. The van der Waals surface area contributed by atoms with Gasteiger partial charge in [-0.3, -0.25) is 23.5 Å². The molecule has 3 N–H and O–H groups in total. The van der Waals surface area contributed by atoms with Crippen molar-refractivity contribution in [1.29, 1.82) is 0 Å². The molecule has 0 saturated heterocycles. The number of halogens is 3. The van der Waals surface area contributed by atoms with Crippen LogP contribution < -0.4 is 22.2 Å². The number of carbonyl (C=O) groups excluding carboxylic acids is 1. The number of amides is 1. The lowest BCUT2D eigenvalue weighted by molar-refractivity contribution is 0.103. The maximum Gasteiger partial charge on any atom is 0.277 e. The number of hydrogen-bond acceptors (Lipinski definition) is 16. The van der Waals surface area contributed by atoms with Crippen LogP contribution in [0, 0.1) is 0 Å². The summed E-state index contributed by atoms with van der Waals surface area (Å²) < 4.78 is 28.8. The Labute approximate surface area is 406 Å². The highest BCUT2D eigenvalue weighted by Gasteiger charge is 2.21. The lowest BCUT2D eigenvalue weighted by Crippen LogP contribution is -2.18. The van der Waals surface area contributed by atoms with Gasteiger partial charge in [0, 0.05) is 0 Å². The van der Waals surface area contributed by atoms with Crippen LogP contribution >= 0.6 is 92.3 Å². The second kappa shape index (κ2) is 24.2. The number of thiazole rings is 3. The van der Waals surface area contributed by atoms with Crippen molar-refractivity contribution in [1.82, 2.24) is 34.1 Å². The highest BCUT2D eigenvalue weighted by atomic mass is 35.5. The number of rotatable bonds is 10. The molecule has 0 fully saturated rings. The fourth-order valence-electron chi connectivity index (χ4n) is 5.07. The van der Waals surface area contributed by atoms with Gasteiger partial charge in [-0.15, -0.1) is 22.7 Å². The van der Waals surface area contributed by atoms with Gasteiger partial charge in [-0.2, -0.15) is 0 Å². The van der Waals surface area contributed by atoms with Crippen molar-refractivity contribution >= 4 is 140 Å². The molecule has 8 aromatic rings. The Bertz CT molecular complexity index is 3100. The first-order valence-corrected chi connectivity index (χ1v) is 25.0. The van der Waals surface area contributed by atoms with Gasteiger partial charge >= 0.3 is 0 Å². The summed E-state index contributed by atoms with van der Waals surface area (Å²) in [7, 11) is -3.47. The van der Waals surface area contributed by atoms with Crippen LogP contribution in [-0.4, -0.2) is 65.6 Å². The van der Waals surface area contributed by atoms with Crippen molar-refractivity contribution in [2.75, 3.05) is 28.3 Å². The first kappa shape index (κ1) is 54.0. The van der Waals surface area contributed by atoms with Gasteiger partial charge < -0.3 is 11.1 Å². The molecule has 5 aromatic heterocycles. The number of fused-ring (bicyclic) bond motifs is 2. The second-order valence-electron chi connectivity index (χ2n) is 11.9. The smallest absolute Gasteiger partial charge is 0.277 e. The molecule has 0 unspecified atom stereocenters. The van der Waals surface area contributed by atoms with Crippen LogP contribution in [0.5, 0.6) is 0 Å². The van der Waals surface area contributed by atoms with Crippen LogP contribution in [0.4, 0.5) is 11.5 Å². The van der Waals surface area contributed by atoms with E-state index in [9.17, 15) is 22.8 Å². The standard InChI is InChI=1S/C13H10ClN3O3S2.C13H10ClN3OS2.C12H12ClN3OS2.3CH4/c1-2-22(19,20)13-16-11-10(21-13)12(18)17(7-15-11)9-6-4-3-5-8(9)14;1-2-19-13-16-11-10(20-13)12(18)17(7-15-11)9-6-4-3-5-8(9)14;1-2-18-12-16-10(14)9(19-12)11(17)15-8-6-4-3-5-7(8)13;;;/h3-7H,2H2,1H3;3-7H,2H2,1H3;3-6H,2,14H2,1H3,(H,15,17);3*1H4. The Hall–Kier alpha value is -4.38. The third-order valence-electron chi connectivity index (χ3n) is 7.96. The van der Waals surface area contributed by atoms with Crippen LogP contribution in [-0.2, 0) is 9.84 Å². The normalized spacial score (nSPS) is 10.7. The minimum absolute atomic E-state index is 0. The summed E-state index contributed by atoms with van der Waals surface area (Å²) in [5.41, 5.74) is 7.53.